The molecule has 20 heavy (non-hydrogen) atoms. The molecule has 0 atom stereocenters. The van der Waals surface area contributed by atoms with Crippen LogP contribution in [0.15, 0.2) is 52.0 Å². The van der Waals surface area contributed by atoms with Crippen molar-refractivity contribution in [2.24, 2.45) is 5.10 Å². The number of nitrogens with one attached hydrogen (secondary N) is 1. The van der Waals surface area contributed by atoms with Crippen LogP contribution in [0.4, 0.5) is 0 Å². The minimum Gasteiger partial charge on any atom is -0.504 e. The van der Waals surface area contributed by atoms with Gasteiger partial charge in [0, 0.05) is 4.47 Å². The molecule has 0 radical (unpaired) electrons. The molecule has 0 bridgehead atoms. The molecule has 3 N–H and O–H groups in total. The Bertz CT molecular complexity index is 671. The SMILES string of the molecule is O=C(NN=Cc1ccc(O)c(O)c1)c1ccccc1Br. The molecular formula is C14H11BrN2O3. The zero-order chi connectivity index (χ0) is 14.5. The van der Waals surface area contributed by atoms with Gasteiger partial charge in [0.15, 0.2) is 11.5 Å². The predicted molar refractivity (Wildman–Crippen MR) is 79.0 cm³/mol. The summed E-state index contributed by atoms with van der Waals surface area (Å²) in [6, 6.07) is 11.2. The van der Waals surface area contributed by atoms with Crippen LogP contribution in [0.5, 0.6) is 11.5 Å². The average Bonchev–Trinajstić information content (AvgIpc) is 2.43. The minimum atomic E-state index is -0.350. The zero-order valence-electron chi connectivity index (χ0n) is 10.2. The fourth-order valence-corrected chi connectivity index (χ4v) is 1.96. The van der Waals surface area contributed by atoms with Gasteiger partial charge in [0.2, 0.25) is 0 Å². The van der Waals surface area contributed by atoms with Crippen molar-refractivity contribution in [3.8, 4) is 11.5 Å². The van der Waals surface area contributed by atoms with Crippen LogP contribution in [0.2, 0.25) is 0 Å². The highest BCUT2D eigenvalue weighted by molar-refractivity contribution is 9.10. The first kappa shape index (κ1) is 14.1. The highest BCUT2D eigenvalue weighted by atomic mass is 79.9. The third-order valence-electron chi connectivity index (χ3n) is 2.50. The van der Waals surface area contributed by atoms with Crippen LogP contribution in [-0.2, 0) is 0 Å². The minimum absolute atomic E-state index is 0.209. The van der Waals surface area contributed by atoms with E-state index >= 15 is 0 Å². The number of carbonyl (C=O) groups is 1. The lowest BCUT2D eigenvalue weighted by atomic mass is 10.2. The zero-order valence-corrected chi connectivity index (χ0v) is 11.8. The number of amides is 1. The van der Waals surface area contributed by atoms with Crippen molar-refractivity contribution in [3.05, 3.63) is 58.1 Å². The Labute approximate surface area is 123 Å². The molecule has 0 saturated heterocycles. The fourth-order valence-electron chi connectivity index (χ4n) is 1.49. The van der Waals surface area contributed by atoms with Crippen LogP contribution in [-0.4, -0.2) is 22.3 Å². The molecule has 1 amide bonds. The molecule has 2 rings (SSSR count). The third-order valence-corrected chi connectivity index (χ3v) is 3.19. The first-order chi connectivity index (χ1) is 9.58. The van der Waals surface area contributed by atoms with Crippen molar-refractivity contribution >= 4 is 28.1 Å². The summed E-state index contributed by atoms with van der Waals surface area (Å²) < 4.78 is 0.676. The second kappa shape index (κ2) is 6.21. The van der Waals surface area contributed by atoms with Crippen molar-refractivity contribution in [1.82, 2.24) is 5.43 Å². The number of aromatic hydroxyl groups is 2. The highest BCUT2D eigenvalue weighted by Crippen LogP contribution is 2.24. The topological polar surface area (TPSA) is 81.9 Å². The number of phenolic OH excluding ortho intramolecular Hbond substituents is 2. The van der Waals surface area contributed by atoms with Crippen molar-refractivity contribution in [3.63, 3.8) is 0 Å². The largest absolute Gasteiger partial charge is 0.504 e. The maximum absolute atomic E-state index is 11.8. The average molecular weight is 335 g/mol. The Morgan fingerprint density at radius 3 is 2.60 bits per heavy atom. The summed E-state index contributed by atoms with van der Waals surface area (Å²) >= 11 is 3.28. The summed E-state index contributed by atoms with van der Waals surface area (Å²) in [5.74, 6) is -0.804. The van der Waals surface area contributed by atoms with E-state index in [2.05, 4.69) is 26.5 Å². The Kier molecular flexibility index (Phi) is 4.37. The van der Waals surface area contributed by atoms with Crippen LogP contribution in [0, 0.1) is 0 Å². The lowest BCUT2D eigenvalue weighted by Gasteiger charge is -2.02. The summed E-state index contributed by atoms with van der Waals surface area (Å²) in [5, 5.41) is 22.3. The van der Waals surface area contributed by atoms with Crippen molar-refractivity contribution in [2.45, 2.75) is 0 Å². The van der Waals surface area contributed by atoms with E-state index in [1.807, 2.05) is 6.07 Å². The molecule has 0 fully saturated rings. The van der Waals surface area contributed by atoms with Gasteiger partial charge in [0.25, 0.3) is 5.91 Å². The lowest BCUT2D eigenvalue weighted by molar-refractivity contribution is 0.0954. The van der Waals surface area contributed by atoms with Crippen LogP contribution < -0.4 is 5.43 Å². The van der Waals surface area contributed by atoms with E-state index in [1.165, 1.54) is 18.3 Å². The number of rotatable bonds is 3. The van der Waals surface area contributed by atoms with E-state index in [9.17, 15) is 9.90 Å². The third kappa shape index (κ3) is 3.36. The molecule has 0 aliphatic carbocycles. The first-order valence-corrected chi connectivity index (χ1v) is 6.47. The summed E-state index contributed by atoms with van der Waals surface area (Å²) in [5.41, 5.74) is 3.40. The Morgan fingerprint density at radius 1 is 1.15 bits per heavy atom. The Hall–Kier alpha value is -2.34. The number of hydrogen-bond acceptors (Lipinski definition) is 4. The summed E-state index contributed by atoms with van der Waals surface area (Å²) in [6.45, 7) is 0. The monoisotopic (exact) mass is 334 g/mol. The quantitative estimate of drug-likeness (QED) is 0.458. The Morgan fingerprint density at radius 2 is 1.90 bits per heavy atom. The number of hydrazone groups is 1. The van der Waals surface area contributed by atoms with E-state index in [1.54, 1.807) is 24.3 Å². The molecule has 102 valence electrons. The van der Waals surface area contributed by atoms with Gasteiger partial charge >= 0.3 is 0 Å². The van der Waals surface area contributed by atoms with Gasteiger partial charge in [-0.3, -0.25) is 4.79 Å². The molecular weight excluding hydrogens is 324 g/mol. The van der Waals surface area contributed by atoms with Crippen LogP contribution in [0.3, 0.4) is 0 Å². The molecule has 0 aliphatic heterocycles. The van der Waals surface area contributed by atoms with Gasteiger partial charge in [0.1, 0.15) is 0 Å². The summed E-state index contributed by atoms with van der Waals surface area (Å²) in [6.07, 6.45) is 1.37. The standard InChI is InChI=1S/C14H11BrN2O3/c15-11-4-2-1-3-10(11)14(20)17-16-8-9-5-6-12(18)13(19)7-9/h1-8,18-19H,(H,17,20). The Balaban J connectivity index is 2.05. The molecule has 0 aliphatic rings. The van der Waals surface area contributed by atoms with Gasteiger partial charge in [-0.2, -0.15) is 5.10 Å². The fraction of sp³-hybridized carbons (Fsp3) is 0. The van der Waals surface area contributed by atoms with Gasteiger partial charge in [-0.1, -0.05) is 12.1 Å². The molecule has 0 saturated carbocycles. The molecule has 0 spiro atoms. The van der Waals surface area contributed by atoms with Crippen LogP contribution in [0.1, 0.15) is 15.9 Å². The maximum Gasteiger partial charge on any atom is 0.272 e. The van der Waals surface area contributed by atoms with Gasteiger partial charge in [-0.15, -0.1) is 0 Å². The van der Waals surface area contributed by atoms with E-state index < -0.39 is 0 Å². The molecule has 5 nitrogen and oxygen atoms in total. The smallest absolute Gasteiger partial charge is 0.272 e. The molecule has 2 aromatic rings. The van der Waals surface area contributed by atoms with E-state index in [4.69, 9.17) is 5.11 Å². The van der Waals surface area contributed by atoms with Crippen LogP contribution in [0.25, 0.3) is 0 Å². The van der Waals surface area contributed by atoms with Crippen LogP contribution >= 0.6 is 15.9 Å². The van der Waals surface area contributed by atoms with E-state index in [0.29, 0.717) is 15.6 Å². The molecule has 0 aromatic heterocycles. The molecule has 0 heterocycles. The number of benzene rings is 2. The van der Waals surface area contributed by atoms with Crippen molar-refractivity contribution in [2.75, 3.05) is 0 Å². The number of hydrogen-bond donors (Lipinski definition) is 3. The number of nitrogens with zero attached hydrogens (tertiary/aromatic N) is 1. The summed E-state index contributed by atoms with van der Waals surface area (Å²) in [4.78, 5) is 11.8. The normalized spacial score (nSPS) is 10.7. The van der Waals surface area contributed by atoms with E-state index in [-0.39, 0.29) is 17.4 Å². The van der Waals surface area contributed by atoms with Crippen molar-refractivity contribution in [1.29, 1.82) is 0 Å². The highest BCUT2D eigenvalue weighted by Gasteiger charge is 2.07. The number of carbonyl (C=O) groups excluding carboxylic acids is 1. The van der Waals surface area contributed by atoms with Gasteiger partial charge in [-0.05, 0) is 51.8 Å². The lowest BCUT2D eigenvalue weighted by Crippen LogP contribution is -2.18. The number of halogens is 1. The predicted octanol–water partition coefficient (Wildman–Crippen LogP) is 2.62. The molecule has 6 heteroatoms. The van der Waals surface area contributed by atoms with E-state index in [0.717, 1.165) is 0 Å². The second-order valence-electron chi connectivity index (χ2n) is 3.93. The van der Waals surface area contributed by atoms with Gasteiger partial charge in [0.05, 0.1) is 11.8 Å². The maximum atomic E-state index is 11.8. The van der Waals surface area contributed by atoms with Gasteiger partial charge in [-0.25, -0.2) is 5.43 Å². The molecule has 0 unspecified atom stereocenters. The first-order valence-electron chi connectivity index (χ1n) is 5.68. The number of phenols is 2. The molecule has 2 aromatic carbocycles. The van der Waals surface area contributed by atoms with Crippen molar-refractivity contribution < 1.29 is 15.0 Å². The van der Waals surface area contributed by atoms with Gasteiger partial charge < -0.3 is 10.2 Å². The summed E-state index contributed by atoms with van der Waals surface area (Å²) in [7, 11) is 0. The second-order valence-corrected chi connectivity index (χ2v) is 4.78.